The van der Waals surface area contributed by atoms with Gasteiger partial charge in [0.1, 0.15) is 0 Å². The first-order valence-corrected chi connectivity index (χ1v) is 20.3. The number of Topliss-reactive ketones (excluding diaryl/α,β-unsaturated/α-hetero) is 2. The number of halogens is 6. The second-order valence-electron chi connectivity index (χ2n) is 13.4. The van der Waals surface area contributed by atoms with Gasteiger partial charge in [-0.15, -0.1) is 0 Å². The molecule has 0 spiro atoms. The van der Waals surface area contributed by atoms with Crippen molar-refractivity contribution >= 4 is 139 Å². The van der Waals surface area contributed by atoms with Crippen LogP contribution >= 0.6 is 69.6 Å². The molecule has 4 amide bonds. The molecular weight excluding hydrogens is 925 g/mol. The second-order valence-corrected chi connectivity index (χ2v) is 15.8. The van der Waals surface area contributed by atoms with Crippen molar-refractivity contribution in [2.45, 2.75) is 39.8 Å². The number of anilines is 4. The van der Waals surface area contributed by atoms with Gasteiger partial charge in [-0.2, -0.15) is 20.5 Å². The van der Waals surface area contributed by atoms with Crippen molar-refractivity contribution in [1.29, 1.82) is 0 Å². The van der Waals surface area contributed by atoms with Crippen molar-refractivity contribution in [3.8, 4) is 0 Å². The van der Waals surface area contributed by atoms with Crippen LogP contribution in [0, 0.1) is 13.8 Å². The molecule has 4 N–H and O–H groups in total. The Balaban J connectivity index is 1.27. The normalized spacial score (nSPS) is 12.2. The molecule has 0 fully saturated rings. The summed E-state index contributed by atoms with van der Waals surface area (Å²) in [5, 5.41) is 27.6. The lowest BCUT2D eigenvalue weighted by atomic mass is 10.0. The van der Waals surface area contributed by atoms with Crippen LogP contribution in [0.4, 0.5) is 34.1 Å². The largest absolute Gasteiger partial charge is 0.324 e. The number of nitrogens with one attached hydrogen (secondary N) is 4. The molecule has 0 saturated heterocycles. The quantitative estimate of drug-likeness (QED) is 0.0630. The highest BCUT2D eigenvalue weighted by Crippen LogP contribution is 2.33. The summed E-state index contributed by atoms with van der Waals surface area (Å²) in [4.78, 5) is 77.9. The molecule has 318 valence electrons. The minimum absolute atomic E-state index is 0.0785. The number of azo groups is 2. The lowest BCUT2D eigenvalue weighted by molar-refractivity contribution is -0.127. The molecule has 0 aliphatic rings. The minimum Gasteiger partial charge on any atom is -0.324 e. The molecular formula is C42H32Cl6N8O6. The molecule has 0 aliphatic carbocycles. The third-order valence-corrected chi connectivity index (χ3v) is 10.9. The fraction of sp³-hybridized carbons (Fsp3) is 0.143. The highest BCUT2D eigenvalue weighted by atomic mass is 35.5. The summed E-state index contributed by atoms with van der Waals surface area (Å²) in [6, 6.07) is 17.5. The first-order valence-electron chi connectivity index (χ1n) is 18.0. The molecule has 5 aromatic carbocycles. The molecule has 14 nitrogen and oxygen atoms in total. The Hall–Kier alpha value is -5.74. The minimum atomic E-state index is -1.59. The Kier molecular flexibility index (Phi) is 15.9. The molecule has 5 aromatic rings. The maximum absolute atomic E-state index is 13.4. The topological polar surface area (TPSA) is 200 Å². The van der Waals surface area contributed by atoms with Gasteiger partial charge in [-0.3, -0.25) is 28.8 Å². The molecule has 2 unspecified atom stereocenters. The predicted molar refractivity (Wildman–Crippen MR) is 243 cm³/mol. The standard InChI is InChI=1S/C42H32Cl6N8O6/c1-19-20(2)32(50-42(62)38(22(4)58)56-54-28-16-24(14-26(44)18-28)40(60)52-34-10-6-8-30(46)36(34)48)12-11-31(19)49-41(61)37(21(3)57)55-53-27-15-23(13-25(43)17-27)39(59)51-33-9-5-7-29(45)35(33)47/h5-18,37-38H,1-4H3,(H,49,61)(H,50,62)(H,51,59)(H,52,60). The van der Waals surface area contributed by atoms with Crippen LogP contribution in [-0.2, 0) is 19.2 Å². The van der Waals surface area contributed by atoms with Crippen molar-refractivity contribution in [2.75, 3.05) is 21.3 Å². The van der Waals surface area contributed by atoms with E-state index in [0.29, 0.717) is 11.1 Å². The van der Waals surface area contributed by atoms with Crippen molar-refractivity contribution in [3.05, 3.63) is 137 Å². The molecule has 0 aromatic heterocycles. The Morgan fingerprint density at radius 3 is 1.21 bits per heavy atom. The lowest BCUT2D eigenvalue weighted by Crippen LogP contribution is -2.33. The number of ketones is 2. The van der Waals surface area contributed by atoms with E-state index >= 15 is 0 Å². The molecule has 20 heteroatoms. The van der Waals surface area contributed by atoms with E-state index in [1.807, 2.05) is 0 Å². The fourth-order valence-electron chi connectivity index (χ4n) is 5.49. The number of carbonyl (C=O) groups excluding carboxylic acids is 6. The van der Waals surface area contributed by atoms with Crippen LogP contribution in [0.3, 0.4) is 0 Å². The summed E-state index contributed by atoms with van der Waals surface area (Å²) in [7, 11) is 0. The van der Waals surface area contributed by atoms with E-state index in [-0.39, 0.29) is 75.4 Å². The van der Waals surface area contributed by atoms with Crippen LogP contribution in [0.25, 0.3) is 0 Å². The van der Waals surface area contributed by atoms with Crippen LogP contribution in [0.1, 0.15) is 45.7 Å². The van der Waals surface area contributed by atoms with E-state index in [2.05, 4.69) is 41.7 Å². The van der Waals surface area contributed by atoms with Gasteiger partial charge in [0, 0.05) is 32.5 Å². The van der Waals surface area contributed by atoms with Crippen molar-refractivity contribution < 1.29 is 28.8 Å². The summed E-state index contributed by atoms with van der Waals surface area (Å²) in [5.74, 6) is -4.07. The van der Waals surface area contributed by atoms with E-state index in [9.17, 15) is 28.8 Å². The maximum Gasteiger partial charge on any atom is 0.258 e. The van der Waals surface area contributed by atoms with Crippen LogP contribution in [0.2, 0.25) is 30.1 Å². The number of hydrogen-bond donors (Lipinski definition) is 4. The van der Waals surface area contributed by atoms with Gasteiger partial charge in [0.25, 0.3) is 23.6 Å². The second kappa shape index (κ2) is 20.9. The van der Waals surface area contributed by atoms with Gasteiger partial charge in [-0.25, -0.2) is 0 Å². The number of hydrogen-bond acceptors (Lipinski definition) is 10. The number of nitrogens with zero attached hydrogens (tertiary/aromatic N) is 4. The van der Waals surface area contributed by atoms with Crippen LogP contribution in [0.15, 0.2) is 105 Å². The summed E-state index contributed by atoms with van der Waals surface area (Å²) in [6.45, 7) is 5.65. The number of amides is 4. The van der Waals surface area contributed by atoms with E-state index < -0.39 is 47.3 Å². The SMILES string of the molecule is CC(=O)C(N=Nc1cc(Cl)cc(C(=O)Nc2cccc(Cl)c2Cl)c1)C(=O)Nc1ccc(NC(=O)C(N=Nc2cc(Cl)cc(C(=O)Nc3cccc(Cl)c3Cl)c2)C(C)=O)c(C)c1C. The predicted octanol–water partition coefficient (Wildman–Crippen LogP) is 12.1. The van der Waals surface area contributed by atoms with Gasteiger partial charge in [0.15, 0.2) is 11.6 Å². The van der Waals surface area contributed by atoms with Gasteiger partial charge in [-0.05, 0) is 112 Å². The van der Waals surface area contributed by atoms with Gasteiger partial charge < -0.3 is 21.3 Å². The number of benzene rings is 5. The van der Waals surface area contributed by atoms with E-state index in [1.54, 1.807) is 50.2 Å². The molecule has 5 rings (SSSR count). The lowest BCUT2D eigenvalue weighted by Gasteiger charge is -2.17. The Labute approximate surface area is 384 Å². The average Bonchev–Trinajstić information content (AvgIpc) is 3.20. The van der Waals surface area contributed by atoms with Crippen molar-refractivity contribution in [2.24, 2.45) is 20.5 Å². The smallest absolute Gasteiger partial charge is 0.258 e. The third-order valence-electron chi connectivity index (χ3n) is 8.84. The first-order chi connectivity index (χ1) is 29.3. The average molecular weight is 957 g/mol. The highest BCUT2D eigenvalue weighted by molar-refractivity contribution is 6.44. The highest BCUT2D eigenvalue weighted by Gasteiger charge is 2.27. The fourth-order valence-corrected chi connectivity index (χ4v) is 6.65. The zero-order valence-corrected chi connectivity index (χ0v) is 37.3. The van der Waals surface area contributed by atoms with E-state index in [4.69, 9.17) is 69.6 Å². The molecule has 2 atom stereocenters. The molecule has 0 saturated carbocycles. The monoisotopic (exact) mass is 954 g/mol. The number of rotatable bonds is 14. The van der Waals surface area contributed by atoms with Crippen LogP contribution < -0.4 is 21.3 Å². The van der Waals surface area contributed by atoms with Gasteiger partial charge >= 0.3 is 0 Å². The summed E-state index contributed by atoms with van der Waals surface area (Å²) >= 11 is 37.0. The van der Waals surface area contributed by atoms with Crippen molar-refractivity contribution in [3.63, 3.8) is 0 Å². The third kappa shape index (κ3) is 12.0. The van der Waals surface area contributed by atoms with Gasteiger partial charge in [0.05, 0.1) is 42.8 Å². The first kappa shape index (κ1) is 47.3. The zero-order valence-electron chi connectivity index (χ0n) is 32.7. The molecule has 0 bridgehead atoms. The zero-order chi connectivity index (χ0) is 45.4. The molecule has 62 heavy (non-hydrogen) atoms. The van der Waals surface area contributed by atoms with Gasteiger partial charge in [-0.1, -0.05) is 81.7 Å². The van der Waals surface area contributed by atoms with Crippen LogP contribution in [-0.4, -0.2) is 47.3 Å². The maximum atomic E-state index is 13.4. The summed E-state index contributed by atoms with van der Waals surface area (Å²) in [5.41, 5.74) is 2.44. The van der Waals surface area contributed by atoms with Gasteiger partial charge in [0.2, 0.25) is 12.1 Å². The Morgan fingerprint density at radius 2 is 0.855 bits per heavy atom. The Morgan fingerprint density at radius 1 is 0.484 bits per heavy atom. The van der Waals surface area contributed by atoms with Crippen LogP contribution in [0.5, 0.6) is 0 Å². The molecule has 0 aliphatic heterocycles. The van der Waals surface area contributed by atoms with E-state index in [1.165, 1.54) is 48.5 Å². The number of carbonyl (C=O) groups is 6. The van der Waals surface area contributed by atoms with E-state index in [0.717, 1.165) is 13.8 Å². The summed E-state index contributed by atoms with van der Waals surface area (Å²) in [6.07, 6.45) is 0. The molecule has 0 radical (unpaired) electrons. The molecule has 0 heterocycles. The summed E-state index contributed by atoms with van der Waals surface area (Å²) < 4.78 is 0. The van der Waals surface area contributed by atoms with Crippen molar-refractivity contribution in [1.82, 2.24) is 0 Å². The Bertz CT molecular complexity index is 2530.